The number of aliphatic hydroxyl groups excluding tert-OH is 2. The van der Waals surface area contributed by atoms with E-state index in [4.69, 9.17) is 9.47 Å². The number of carbonyl (C=O) groups is 2. The average Bonchev–Trinajstić information content (AvgIpc) is 3.19. The van der Waals surface area contributed by atoms with E-state index in [2.05, 4.69) is 89.5 Å². The van der Waals surface area contributed by atoms with Gasteiger partial charge in [-0.15, -0.1) is 0 Å². The van der Waals surface area contributed by atoms with Gasteiger partial charge in [0.05, 0.1) is 13.2 Å². The molecule has 0 aliphatic rings. The molecule has 4 rings (SSSR count). The lowest BCUT2D eigenvalue weighted by Crippen LogP contribution is -2.38. The van der Waals surface area contributed by atoms with Crippen molar-refractivity contribution in [3.05, 3.63) is 130 Å². The van der Waals surface area contributed by atoms with E-state index in [0.717, 1.165) is 59.3 Å². The van der Waals surface area contributed by atoms with Gasteiger partial charge in [-0.2, -0.15) is 0 Å². The van der Waals surface area contributed by atoms with E-state index in [1.807, 2.05) is 48.5 Å². The molecular weight excluding hydrogens is 713 g/mol. The lowest BCUT2D eigenvalue weighted by molar-refractivity contribution is -0.136. The fourth-order valence-corrected chi connectivity index (χ4v) is 8.00. The van der Waals surface area contributed by atoms with Crippen LogP contribution in [-0.4, -0.2) is 69.2 Å². The number of esters is 2. The highest BCUT2D eigenvalue weighted by molar-refractivity contribution is 5.76. The molecule has 0 saturated carbocycles. The van der Waals surface area contributed by atoms with Gasteiger partial charge < -0.3 is 19.7 Å². The maximum Gasteiger partial charge on any atom is 0.311 e. The van der Waals surface area contributed by atoms with Gasteiger partial charge >= 0.3 is 11.9 Å². The number of benzene rings is 4. The summed E-state index contributed by atoms with van der Waals surface area (Å²) in [4.78, 5) is 31.7. The van der Waals surface area contributed by atoms with Crippen LogP contribution in [0.15, 0.2) is 97.1 Å². The second-order valence-corrected chi connectivity index (χ2v) is 16.2. The van der Waals surface area contributed by atoms with Crippen molar-refractivity contribution in [2.45, 2.75) is 137 Å². The number of aliphatic hydroxyl groups is 2. The third-order valence-corrected chi connectivity index (χ3v) is 10.9. The molecule has 0 saturated heterocycles. The summed E-state index contributed by atoms with van der Waals surface area (Å²) in [7, 11) is 0. The largest absolute Gasteiger partial charge is 0.426 e. The molecule has 0 aliphatic carbocycles. The van der Waals surface area contributed by atoms with E-state index >= 15 is 0 Å². The minimum absolute atomic E-state index is 0.0317. The third kappa shape index (κ3) is 13.4. The number of nitrogens with zero attached hydrogens (tertiary/aromatic N) is 2. The number of rotatable bonds is 22. The number of hydrogen-bond donors (Lipinski definition) is 2. The van der Waals surface area contributed by atoms with Crippen LogP contribution in [0.5, 0.6) is 11.5 Å². The van der Waals surface area contributed by atoms with Gasteiger partial charge in [0.1, 0.15) is 11.5 Å². The molecular formula is C49H66N2O6. The van der Waals surface area contributed by atoms with Crippen LogP contribution in [0.3, 0.4) is 0 Å². The first-order valence-electron chi connectivity index (χ1n) is 20.8. The Balaban J connectivity index is 1.49. The second-order valence-electron chi connectivity index (χ2n) is 16.2. The normalized spacial score (nSPS) is 12.9. The van der Waals surface area contributed by atoms with Gasteiger partial charge in [-0.05, 0) is 134 Å². The van der Waals surface area contributed by atoms with E-state index in [0.29, 0.717) is 35.7 Å². The zero-order chi connectivity index (χ0) is 41.5. The molecule has 4 aromatic carbocycles. The number of carbonyl (C=O) groups excluding carboxylic acids is 2. The lowest BCUT2D eigenvalue weighted by Gasteiger charge is -2.32. The predicted octanol–water partition coefficient (Wildman–Crippen LogP) is 9.63. The first-order chi connectivity index (χ1) is 27.3. The van der Waals surface area contributed by atoms with Gasteiger partial charge in [0.2, 0.25) is 0 Å². The zero-order valence-electron chi connectivity index (χ0n) is 35.5. The van der Waals surface area contributed by atoms with Crippen molar-refractivity contribution >= 4 is 11.9 Å². The van der Waals surface area contributed by atoms with Crippen molar-refractivity contribution in [1.29, 1.82) is 0 Å². The molecule has 57 heavy (non-hydrogen) atoms. The number of hydrogen-bond acceptors (Lipinski definition) is 8. The molecule has 0 aliphatic heterocycles. The van der Waals surface area contributed by atoms with E-state index in [1.165, 1.54) is 0 Å². The fourth-order valence-electron chi connectivity index (χ4n) is 8.00. The average molecular weight is 779 g/mol. The maximum atomic E-state index is 13.4. The quantitative estimate of drug-likeness (QED) is 0.0602. The minimum Gasteiger partial charge on any atom is -0.426 e. The summed E-state index contributed by atoms with van der Waals surface area (Å²) in [5.41, 5.74) is 5.41. The van der Waals surface area contributed by atoms with Crippen molar-refractivity contribution < 1.29 is 29.3 Å². The van der Waals surface area contributed by atoms with Crippen molar-refractivity contribution in [3.63, 3.8) is 0 Å². The van der Waals surface area contributed by atoms with Crippen molar-refractivity contribution in [2.75, 3.05) is 13.1 Å². The van der Waals surface area contributed by atoms with Gasteiger partial charge in [0.15, 0.2) is 0 Å². The summed E-state index contributed by atoms with van der Waals surface area (Å²) >= 11 is 0. The molecule has 8 nitrogen and oxygen atoms in total. The molecule has 0 heterocycles. The first-order valence-corrected chi connectivity index (χ1v) is 20.8. The maximum absolute atomic E-state index is 13.4. The van der Waals surface area contributed by atoms with Crippen LogP contribution >= 0.6 is 0 Å². The topological polar surface area (TPSA) is 99.5 Å². The highest BCUT2D eigenvalue weighted by Gasteiger charge is 2.25. The Kier molecular flexibility index (Phi) is 18.0. The summed E-state index contributed by atoms with van der Waals surface area (Å²) in [5.74, 6) is -0.0845. The van der Waals surface area contributed by atoms with Crippen LogP contribution in [0.25, 0.3) is 0 Å². The van der Waals surface area contributed by atoms with E-state index in [9.17, 15) is 19.8 Å². The molecule has 0 radical (unpaired) electrons. The Labute approximate surface area is 341 Å². The van der Waals surface area contributed by atoms with Gasteiger partial charge in [-0.3, -0.25) is 19.4 Å². The summed E-state index contributed by atoms with van der Waals surface area (Å²) < 4.78 is 12.1. The van der Waals surface area contributed by atoms with Crippen LogP contribution in [-0.2, 0) is 22.8 Å². The van der Waals surface area contributed by atoms with Gasteiger partial charge in [0.25, 0.3) is 0 Å². The molecule has 2 unspecified atom stereocenters. The van der Waals surface area contributed by atoms with Gasteiger partial charge in [-0.1, -0.05) is 72.8 Å². The SMILES string of the molecule is CC(C)N(CCC(c1ccccc1)c1cc(CO)ccc1OC(=O)CCCC(=O)Oc1ccc(CO)cc1C(CCN(C(C)C)C(C)C)c1ccccc1)C(C)C. The first kappa shape index (κ1) is 45.4. The molecule has 0 bridgehead atoms. The molecule has 8 heteroatoms. The second kappa shape index (κ2) is 22.6. The summed E-state index contributed by atoms with van der Waals surface area (Å²) in [5, 5.41) is 20.1. The molecule has 4 aromatic rings. The molecule has 0 fully saturated rings. The predicted molar refractivity (Wildman–Crippen MR) is 230 cm³/mol. The Morgan fingerprint density at radius 1 is 0.526 bits per heavy atom. The van der Waals surface area contributed by atoms with Crippen LogP contribution < -0.4 is 9.47 Å². The minimum atomic E-state index is -0.435. The molecule has 0 aromatic heterocycles. The smallest absolute Gasteiger partial charge is 0.311 e. The molecule has 2 N–H and O–H groups in total. The fraction of sp³-hybridized carbons (Fsp3) is 0.469. The summed E-state index contributed by atoms with van der Waals surface area (Å²) in [6.45, 7) is 19.1. The number of ether oxygens (including phenoxy) is 2. The van der Waals surface area contributed by atoms with Crippen LogP contribution in [0, 0.1) is 0 Å². The Hall–Kier alpha value is -4.34. The van der Waals surface area contributed by atoms with Crippen LogP contribution in [0.2, 0.25) is 0 Å². The lowest BCUT2D eigenvalue weighted by atomic mass is 9.86. The molecule has 0 spiro atoms. The van der Waals surface area contributed by atoms with Crippen molar-refractivity contribution in [3.8, 4) is 11.5 Å². The summed E-state index contributed by atoms with van der Waals surface area (Å²) in [6.07, 6.45) is 1.91. The molecule has 308 valence electrons. The Bertz CT molecular complexity index is 1680. The monoisotopic (exact) mass is 778 g/mol. The van der Waals surface area contributed by atoms with E-state index < -0.39 is 11.9 Å². The van der Waals surface area contributed by atoms with E-state index in [-0.39, 0.29) is 44.3 Å². The van der Waals surface area contributed by atoms with Crippen molar-refractivity contribution in [2.24, 2.45) is 0 Å². The van der Waals surface area contributed by atoms with E-state index in [1.54, 1.807) is 24.3 Å². The molecule has 2 atom stereocenters. The molecule has 0 amide bonds. The Morgan fingerprint density at radius 2 is 0.877 bits per heavy atom. The Morgan fingerprint density at radius 3 is 1.19 bits per heavy atom. The van der Waals surface area contributed by atoms with Crippen LogP contribution in [0.4, 0.5) is 0 Å². The van der Waals surface area contributed by atoms with Gasteiger partial charge in [-0.25, -0.2) is 0 Å². The van der Waals surface area contributed by atoms with Gasteiger partial charge in [0, 0.05) is 60.0 Å². The van der Waals surface area contributed by atoms with Crippen LogP contribution in [0.1, 0.15) is 133 Å². The standard InChI is InChI=1S/C49H66N2O6/c1-34(2)50(35(3)4)28-26-42(40-16-11-9-12-17-40)44-30-38(32-52)22-24-46(44)56-48(54)20-15-21-49(55)57-47-25-23-39(33-53)31-45(47)43(41-18-13-10-14-19-41)27-29-51(36(5)6)37(7)8/h9-14,16-19,22-25,30-31,34-37,42-43,52-53H,15,20-21,26-29,32-33H2,1-8H3. The highest BCUT2D eigenvalue weighted by Crippen LogP contribution is 2.38. The zero-order valence-corrected chi connectivity index (χ0v) is 35.5. The van der Waals surface area contributed by atoms with Crippen molar-refractivity contribution in [1.82, 2.24) is 9.80 Å². The third-order valence-electron chi connectivity index (χ3n) is 10.9. The highest BCUT2D eigenvalue weighted by atomic mass is 16.5. The summed E-state index contributed by atoms with van der Waals surface area (Å²) in [6, 6.07) is 32.9.